The van der Waals surface area contributed by atoms with Crippen LogP contribution in [-0.4, -0.2) is 35.8 Å². The standard InChI is InChI=1S/C11H19N5O2/c1-4-13-9-7(2)10(16-8(3)15-9)14-5-6-18-11(12)17/h4-6H2,1-3H3,(H2,12,17)(H2,13,14,15,16). The first-order valence-electron chi connectivity index (χ1n) is 5.79. The van der Waals surface area contributed by atoms with Crippen LogP contribution < -0.4 is 16.4 Å². The number of hydrogen-bond acceptors (Lipinski definition) is 6. The average Bonchev–Trinajstić information content (AvgIpc) is 2.30. The van der Waals surface area contributed by atoms with E-state index in [4.69, 9.17) is 5.73 Å². The number of hydrogen-bond donors (Lipinski definition) is 3. The predicted molar refractivity (Wildman–Crippen MR) is 69.7 cm³/mol. The minimum absolute atomic E-state index is 0.203. The van der Waals surface area contributed by atoms with Crippen molar-refractivity contribution in [3.63, 3.8) is 0 Å². The van der Waals surface area contributed by atoms with E-state index in [1.54, 1.807) is 0 Å². The number of rotatable bonds is 6. The van der Waals surface area contributed by atoms with Gasteiger partial charge in [0.15, 0.2) is 0 Å². The second-order valence-corrected chi connectivity index (χ2v) is 3.72. The molecule has 0 aliphatic heterocycles. The Labute approximate surface area is 106 Å². The zero-order valence-corrected chi connectivity index (χ0v) is 10.9. The summed E-state index contributed by atoms with van der Waals surface area (Å²) in [6, 6.07) is 0. The first-order valence-corrected chi connectivity index (χ1v) is 5.79. The van der Waals surface area contributed by atoms with Crippen LogP contribution in [0.4, 0.5) is 16.4 Å². The molecule has 0 aliphatic carbocycles. The number of aryl methyl sites for hydroxylation is 1. The van der Waals surface area contributed by atoms with E-state index in [2.05, 4.69) is 25.3 Å². The van der Waals surface area contributed by atoms with Crippen LogP contribution in [0, 0.1) is 13.8 Å². The number of amides is 1. The lowest BCUT2D eigenvalue weighted by Gasteiger charge is -2.13. The van der Waals surface area contributed by atoms with E-state index < -0.39 is 6.09 Å². The summed E-state index contributed by atoms with van der Waals surface area (Å²) in [6.07, 6.45) is -0.777. The predicted octanol–water partition coefficient (Wildman–Crippen LogP) is 1.03. The van der Waals surface area contributed by atoms with E-state index in [0.717, 1.165) is 23.7 Å². The van der Waals surface area contributed by atoms with Crippen molar-refractivity contribution >= 4 is 17.7 Å². The first-order chi connectivity index (χ1) is 8.54. The summed E-state index contributed by atoms with van der Waals surface area (Å²) in [4.78, 5) is 19.0. The smallest absolute Gasteiger partial charge is 0.404 e. The fourth-order valence-electron chi connectivity index (χ4n) is 1.46. The van der Waals surface area contributed by atoms with E-state index in [0.29, 0.717) is 12.4 Å². The summed E-state index contributed by atoms with van der Waals surface area (Å²) in [7, 11) is 0. The zero-order valence-electron chi connectivity index (χ0n) is 10.9. The molecule has 1 aromatic rings. The maximum atomic E-state index is 10.4. The van der Waals surface area contributed by atoms with Crippen LogP contribution in [0.2, 0.25) is 0 Å². The molecule has 0 saturated heterocycles. The van der Waals surface area contributed by atoms with E-state index in [1.165, 1.54) is 0 Å². The first kappa shape index (κ1) is 14.0. The van der Waals surface area contributed by atoms with Crippen LogP contribution in [0.3, 0.4) is 0 Å². The second kappa shape index (κ2) is 6.63. The van der Waals surface area contributed by atoms with Gasteiger partial charge in [-0.15, -0.1) is 0 Å². The third-order valence-electron chi connectivity index (χ3n) is 2.24. The van der Waals surface area contributed by atoms with Crippen molar-refractivity contribution in [2.24, 2.45) is 5.73 Å². The molecule has 0 saturated carbocycles. The maximum Gasteiger partial charge on any atom is 0.404 e. The summed E-state index contributed by atoms with van der Waals surface area (Å²) < 4.78 is 4.63. The summed E-state index contributed by atoms with van der Waals surface area (Å²) in [6.45, 7) is 7.20. The summed E-state index contributed by atoms with van der Waals surface area (Å²) in [5.41, 5.74) is 5.80. The van der Waals surface area contributed by atoms with Crippen LogP contribution >= 0.6 is 0 Å². The van der Waals surface area contributed by atoms with Crippen molar-refractivity contribution in [3.05, 3.63) is 11.4 Å². The molecule has 1 aromatic heterocycles. The third kappa shape index (κ3) is 4.08. The van der Waals surface area contributed by atoms with Gasteiger partial charge in [0.2, 0.25) is 0 Å². The third-order valence-corrected chi connectivity index (χ3v) is 2.24. The van der Waals surface area contributed by atoms with E-state index in [-0.39, 0.29) is 6.61 Å². The average molecular weight is 253 g/mol. The lowest BCUT2D eigenvalue weighted by atomic mass is 10.3. The van der Waals surface area contributed by atoms with Gasteiger partial charge in [-0.05, 0) is 20.8 Å². The maximum absolute atomic E-state index is 10.4. The van der Waals surface area contributed by atoms with Crippen LogP contribution in [0.1, 0.15) is 18.3 Å². The molecule has 7 heteroatoms. The molecule has 0 fully saturated rings. The number of primary amides is 1. The Kier molecular flexibility index (Phi) is 5.16. The lowest BCUT2D eigenvalue weighted by molar-refractivity contribution is 0.161. The highest BCUT2D eigenvalue weighted by Gasteiger charge is 2.08. The van der Waals surface area contributed by atoms with Gasteiger partial charge in [-0.1, -0.05) is 0 Å². The monoisotopic (exact) mass is 253 g/mol. The van der Waals surface area contributed by atoms with Gasteiger partial charge < -0.3 is 21.1 Å². The summed E-state index contributed by atoms with van der Waals surface area (Å²) >= 11 is 0. The SMILES string of the molecule is CCNc1nc(C)nc(NCCOC(N)=O)c1C. The van der Waals surface area contributed by atoms with Crippen LogP contribution in [-0.2, 0) is 4.74 Å². The van der Waals surface area contributed by atoms with Crippen LogP contribution in [0.5, 0.6) is 0 Å². The van der Waals surface area contributed by atoms with Crippen molar-refractivity contribution in [1.82, 2.24) is 9.97 Å². The molecule has 0 radical (unpaired) electrons. The lowest BCUT2D eigenvalue weighted by Crippen LogP contribution is -2.19. The molecule has 0 bridgehead atoms. The topological polar surface area (TPSA) is 102 Å². The molecule has 7 nitrogen and oxygen atoms in total. The molecule has 1 amide bonds. The van der Waals surface area contributed by atoms with Gasteiger partial charge in [-0.2, -0.15) is 0 Å². The number of carbonyl (C=O) groups is 1. The Morgan fingerprint density at radius 2 is 1.89 bits per heavy atom. The number of nitrogens with one attached hydrogen (secondary N) is 2. The molecule has 0 aliphatic rings. The quantitative estimate of drug-likeness (QED) is 0.654. The van der Waals surface area contributed by atoms with Crippen molar-refractivity contribution in [3.8, 4) is 0 Å². The molecule has 18 heavy (non-hydrogen) atoms. The highest BCUT2D eigenvalue weighted by Crippen LogP contribution is 2.19. The number of carbonyl (C=O) groups excluding carboxylic acids is 1. The van der Waals surface area contributed by atoms with Crippen LogP contribution in [0.15, 0.2) is 0 Å². The number of ether oxygens (including phenoxy) is 1. The Balaban J connectivity index is 2.66. The van der Waals surface area contributed by atoms with Gasteiger partial charge >= 0.3 is 6.09 Å². The Morgan fingerprint density at radius 3 is 2.44 bits per heavy atom. The summed E-state index contributed by atoms with van der Waals surface area (Å²) in [5, 5.41) is 6.25. The minimum atomic E-state index is -0.777. The van der Waals surface area contributed by atoms with Gasteiger partial charge in [0.25, 0.3) is 0 Å². The van der Waals surface area contributed by atoms with E-state index in [1.807, 2.05) is 20.8 Å². The second-order valence-electron chi connectivity index (χ2n) is 3.72. The molecule has 4 N–H and O–H groups in total. The largest absolute Gasteiger partial charge is 0.448 e. The van der Waals surface area contributed by atoms with Gasteiger partial charge in [0, 0.05) is 12.1 Å². The fraction of sp³-hybridized carbons (Fsp3) is 0.545. The molecule has 100 valence electrons. The van der Waals surface area contributed by atoms with E-state index >= 15 is 0 Å². The van der Waals surface area contributed by atoms with Crippen molar-refractivity contribution in [1.29, 1.82) is 0 Å². The van der Waals surface area contributed by atoms with E-state index in [9.17, 15) is 4.79 Å². The number of anilines is 2. The Bertz CT molecular complexity index is 422. The molecule has 0 spiro atoms. The molecule has 0 atom stereocenters. The van der Waals surface area contributed by atoms with Crippen LogP contribution in [0.25, 0.3) is 0 Å². The molecule has 0 aromatic carbocycles. The number of nitrogens with two attached hydrogens (primary N) is 1. The molecular weight excluding hydrogens is 234 g/mol. The van der Waals surface area contributed by atoms with Gasteiger partial charge in [0.05, 0.1) is 6.54 Å². The Hall–Kier alpha value is -2.05. The van der Waals surface area contributed by atoms with Crippen molar-refractivity contribution < 1.29 is 9.53 Å². The summed E-state index contributed by atoms with van der Waals surface area (Å²) in [5.74, 6) is 2.21. The fourth-order valence-corrected chi connectivity index (χ4v) is 1.46. The normalized spacial score (nSPS) is 9.94. The highest BCUT2D eigenvalue weighted by molar-refractivity contribution is 5.64. The molecule has 0 unspecified atom stereocenters. The molecule has 1 heterocycles. The highest BCUT2D eigenvalue weighted by atomic mass is 16.5. The van der Waals surface area contributed by atoms with Crippen molar-refractivity contribution in [2.75, 3.05) is 30.3 Å². The molecule has 1 rings (SSSR count). The van der Waals surface area contributed by atoms with Gasteiger partial charge in [0.1, 0.15) is 24.1 Å². The van der Waals surface area contributed by atoms with Gasteiger partial charge in [-0.3, -0.25) is 0 Å². The number of nitrogens with zero attached hydrogens (tertiary/aromatic N) is 2. The Morgan fingerprint density at radius 1 is 1.28 bits per heavy atom. The minimum Gasteiger partial charge on any atom is -0.448 e. The van der Waals surface area contributed by atoms with Crippen molar-refractivity contribution in [2.45, 2.75) is 20.8 Å². The van der Waals surface area contributed by atoms with Gasteiger partial charge in [-0.25, -0.2) is 14.8 Å². The number of aromatic nitrogens is 2. The zero-order chi connectivity index (χ0) is 13.5. The molecular formula is C11H19N5O2.